The lowest BCUT2D eigenvalue weighted by Crippen LogP contribution is -2.32. The van der Waals surface area contributed by atoms with Crippen LogP contribution in [0.15, 0.2) is 12.3 Å². The van der Waals surface area contributed by atoms with E-state index >= 15 is 0 Å². The predicted octanol–water partition coefficient (Wildman–Crippen LogP) is 5.77. The van der Waals surface area contributed by atoms with Gasteiger partial charge in [-0.1, -0.05) is 41.5 Å². The molecule has 4 rings (SSSR count). The average Bonchev–Trinajstić information content (AvgIpc) is 3.17. The Hall–Kier alpha value is -1.66. The van der Waals surface area contributed by atoms with Crippen molar-refractivity contribution < 1.29 is 0 Å². The van der Waals surface area contributed by atoms with E-state index in [2.05, 4.69) is 81.5 Å². The number of aromatic nitrogens is 3. The summed E-state index contributed by atoms with van der Waals surface area (Å²) in [6.45, 7) is 15.8. The van der Waals surface area contributed by atoms with Crippen molar-refractivity contribution >= 4 is 38.3 Å². The van der Waals surface area contributed by atoms with Crippen LogP contribution >= 0.6 is 22.7 Å². The maximum Gasteiger partial charge on any atom is 0.121 e. The third-order valence-corrected chi connectivity index (χ3v) is 7.66. The Morgan fingerprint density at radius 3 is 2.42 bits per heavy atom. The SMILES string of the molecule is Cc1cc2c(C3=CNC(C(C)(C)C)c4n[nH]nc43)sc(C(C)(C)C)c2s1. The molecular weight excluding hydrogens is 360 g/mol. The molecule has 3 aromatic heterocycles. The number of aryl methyl sites for hydroxylation is 1. The molecule has 2 N–H and O–H groups in total. The molecule has 138 valence electrons. The Morgan fingerprint density at radius 1 is 1.04 bits per heavy atom. The quantitative estimate of drug-likeness (QED) is 0.558. The van der Waals surface area contributed by atoms with Crippen molar-refractivity contribution in [3.63, 3.8) is 0 Å². The molecule has 1 unspecified atom stereocenters. The van der Waals surface area contributed by atoms with Gasteiger partial charge in [-0.3, -0.25) is 0 Å². The first-order valence-corrected chi connectivity index (χ1v) is 10.6. The number of nitrogens with zero attached hydrogens (tertiary/aromatic N) is 2. The molecular formula is C20H26N4S2. The minimum atomic E-state index is 0.0635. The molecule has 4 nitrogen and oxygen atoms in total. The van der Waals surface area contributed by atoms with Crippen molar-refractivity contribution in [3.05, 3.63) is 38.3 Å². The highest BCUT2D eigenvalue weighted by molar-refractivity contribution is 7.25. The zero-order chi connectivity index (χ0) is 18.9. The number of rotatable bonds is 1. The topological polar surface area (TPSA) is 53.6 Å². The van der Waals surface area contributed by atoms with Gasteiger partial charge in [0, 0.05) is 36.5 Å². The van der Waals surface area contributed by atoms with Crippen LogP contribution in [0, 0.1) is 12.3 Å². The van der Waals surface area contributed by atoms with Crippen molar-refractivity contribution in [1.82, 2.24) is 20.7 Å². The van der Waals surface area contributed by atoms with E-state index in [9.17, 15) is 0 Å². The summed E-state index contributed by atoms with van der Waals surface area (Å²) in [5.41, 5.74) is 3.34. The number of thiophene rings is 2. The molecule has 0 bridgehead atoms. The van der Waals surface area contributed by atoms with Gasteiger partial charge >= 0.3 is 0 Å². The van der Waals surface area contributed by atoms with Crippen LogP contribution in [0.1, 0.15) is 73.6 Å². The van der Waals surface area contributed by atoms with Gasteiger partial charge in [0.15, 0.2) is 0 Å². The van der Waals surface area contributed by atoms with Crippen molar-refractivity contribution in [3.8, 4) is 0 Å². The van der Waals surface area contributed by atoms with Gasteiger partial charge in [-0.05, 0) is 23.8 Å². The smallest absolute Gasteiger partial charge is 0.121 e. The molecule has 0 saturated heterocycles. The summed E-state index contributed by atoms with van der Waals surface area (Å²) in [5.74, 6) is 0. The minimum absolute atomic E-state index is 0.0635. The fraction of sp³-hybridized carbons (Fsp3) is 0.500. The third kappa shape index (κ3) is 2.70. The lowest BCUT2D eigenvalue weighted by Gasteiger charge is -2.32. The lowest BCUT2D eigenvalue weighted by molar-refractivity contribution is 0.287. The number of H-pyrrole nitrogens is 1. The molecule has 1 aliphatic rings. The normalized spacial score (nSPS) is 18.0. The number of hydrogen-bond donors (Lipinski definition) is 2. The summed E-state index contributed by atoms with van der Waals surface area (Å²) in [5, 5.41) is 16.8. The van der Waals surface area contributed by atoms with Crippen molar-refractivity contribution in [2.45, 2.75) is 59.9 Å². The molecule has 0 aliphatic carbocycles. The molecule has 0 aromatic carbocycles. The Morgan fingerprint density at radius 2 is 1.77 bits per heavy atom. The maximum absolute atomic E-state index is 4.53. The second-order valence-electron chi connectivity index (χ2n) is 9.19. The average molecular weight is 387 g/mol. The number of fused-ring (bicyclic) bond motifs is 2. The van der Waals surface area contributed by atoms with E-state index < -0.39 is 0 Å². The van der Waals surface area contributed by atoms with Crippen LogP contribution < -0.4 is 5.32 Å². The molecule has 1 atom stereocenters. The zero-order valence-corrected chi connectivity index (χ0v) is 18.1. The standard InChI is InChI=1S/C20H26N4S2/c1-10-8-11-15(26-18(16(11)25-10)20(5,6)7)12-9-21-17(19(2,3)4)14-13(12)22-24-23-14/h8-9,17,21H,1-7H3,(H,22,23,24). The summed E-state index contributed by atoms with van der Waals surface area (Å²) in [4.78, 5) is 4.10. The molecule has 0 radical (unpaired) electrons. The Balaban J connectivity index is 1.91. The van der Waals surface area contributed by atoms with Crippen LogP contribution in [0.3, 0.4) is 0 Å². The largest absolute Gasteiger partial charge is 0.381 e. The summed E-state index contributed by atoms with van der Waals surface area (Å²) < 4.78 is 1.42. The molecule has 0 saturated carbocycles. The fourth-order valence-electron chi connectivity index (χ4n) is 3.53. The second kappa shape index (κ2) is 5.67. The molecule has 26 heavy (non-hydrogen) atoms. The van der Waals surface area contributed by atoms with Crippen LogP contribution in [0.5, 0.6) is 0 Å². The molecule has 1 aliphatic heterocycles. The van der Waals surface area contributed by atoms with Crippen molar-refractivity contribution in [1.29, 1.82) is 0 Å². The zero-order valence-electron chi connectivity index (χ0n) is 16.4. The fourth-order valence-corrected chi connectivity index (χ4v) is 6.27. The van der Waals surface area contributed by atoms with E-state index in [1.165, 1.54) is 24.7 Å². The molecule has 0 amide bonds. The highest BCUT2D eigenvalue weighted by Gasteiger charge is 2.36. The van der Waals surface area contributed by atoms with Crippen LogP contribution in [0.2, 0.25) is 0 Å². The monoisotopic (exact) mass is 386 g/mol. The number of hydrogen-bond acceptors (Lipinski definition) is 5. The van der Waals surface area contributed by atoms with Crippen molar-refractivity contribution in [2.24, 2.45) is 5.41 Å². The van der Waals surface area contributed by atoms with Gasteiger partial charge in [0.05, 0.1) is 6.04 Å². The van der Waals surface area contributed by atoms with Gasteiger partial charge in [-0.2, -0.15) is 15.4 Å². The first-order valence-electron chi connectivity index (χ1n) is 8.98. The van der Waals surface area contributed by atoms with Gasteiger partial charge in [-0.25, -0.2) is 0 Å². The predicted molar refractivity (Wildman–Crippen MR) is 112 cm³/mol. The highest BCUT2D eigenvalue weighted by Crippen LogP contribution is 2.48. The Bertz CT molecular complexity index is 1010. The maximum atomic E-state index is 4.53. The van der Waals surface area contributed by atoms with Crippen LogP contribution in [0.4, 0.5) is 0 Å². The number of nitrogens with one attached hydrogen (secondary N) is 2. The van der Waals surface area contributed by atoms with Gasteiger partial charge in [0.1, 0.15) is 11.4 Å². The first kappa shape index (κ1) is 17.7. The van der Waals surface area contributed by atoms with E-state index in [1.807, 2.05) is 22.7 Å². The van der Waals surface area contributed by atoms with Crippen LogP contribution in [-0.2, 0) is 5.41 Å². The van der Waals surface area contributed by atoms with Crippen LogP contribution in [0.25, 0.3) is 15.7 Å². The molecule has 3 aromatic rings. The van der Waals surface area contributed by atoms with E-state index in [-0.39, 0.29) is 16.9 Å². The number of aromatic amines is 1. The Labute approximate surface area is 162 Å². The van der Waals surface area contributed by atoms with E-state index in [0.717, 1.165) is 17.0 Å². The van der Waals surface area contributed by atoms with Crippen LogP contribution in [-0.4, -0.2) is 15.4 Å². The summed E-state index contributed by atoms with van der Waals surface area (Å²) in [6, 6.07) is 2.47. The first-order chi connectivity index (χ1) is 12.1. The van der Waals surface area contributed by atoms with Gasteiger partial charge in [0.2, 0.25) is 0 Å². The highest BCUT2D eigenvalue weighted by atomic mass is 32.1. The molecule has 4 heterocycles. The summed E-state index contributed by atoms with van der Waals surface area (Å²) >= 11 is 3.80. The molecule has 6 heteroatoms. The van der Waals surface area contributed by atoms with E-state index in [0.29, 0.717) is 0 Å². The molecule has 0 fully saturated rings. The van der Waals surface area contributed by atoms with Gasteiger partial charge < -0.3 is 5.32 Å². The van der Waals surface area contributed by atoms with Gasteiger partial charge in [-0.15, -0.1) is 22.7 Å². The van der Waals surface area contributed by atoms with Crippen molar-refractivity contribution in [2.75, 3.05) is 0 Å². The second-order valence-corrected chi connectivity index (χ2v) is 11.5. The third-order valence-electron chi connectivity index (χ3n) is 4.80. The molecule has 0 spiro atoms. The summed E-state index contributed by atoms with van der Waals surface area (Å²) in [6.07, 6.45) is 2.14. The Kier molecular flexibility index (Phi) is 3.87. The summed E-state index contributed by atoms with van der Waals surface area (Å²) in [7, 11) is 0. The van der Waals surface area contributed by atoms with E-state index in [1.54, 1.807) is 0 Å². The lowest BCUT2D eigenvalue weighted by atomic mass is 9.82. The minimum Gasteiger partial charge on any atom is -0.381 e. The van der Waals surface area contributed by atoms with Gasteiger partial charge in [0.25, 0.3) is 0 Å². The van der Waals surface area contributed by atoms with E-state index in [4.69, 9.17) is 0 Å².